The van der Waals surface area contributed by atoms with Crippen molar-refractivity contribution in [1.82, 2.24) is 14.5 Å². The number of hydrogen-bond acceptors (Lipinski definition) is 2. The number of benzene rings is 7. The van der Waals surface area contributed by atoms with Crippen molar-refractivity contribution < 1.29 is 0 Å². The predicted molar refractivity (Wildman–Crippen MR) is 197 cm³/mol. The maximum absolute atomic E-state index is 5.35. The third-order valence-electron chi connectivity index (χ3n) is 10.1. The second-order valence-corrected chi connectivity index (χ2v) is 12.6. The van der Waals surface area contributed by atoms with Crippen LogP contribution in [0, 0.1) is 0 Å². The monoisotopic (exact) mass is 611 g/mol. The molecule has 0 unspecified atom stereocenters. The molecular formula is C45H29N3. The lowest BCUT2D eigenvalue weighted by Crippen LogP contribution is -2.28. The van der Waals surface area contributed by atoms with Gasteiger partial charge >= 0.3 is 0 Å². The van der Waals surface area contributed by atoms with Gasteiger partial charge in [-0.15, -0.1) is 0 Å². The Hall–Kier alpha value is -6.32. The molecule has 9 aromatic rings. The van der Waals surface area contributed by atoms with Crippen LogP contribution >= 0.6 is 0 Å². The normalized spacial score (nSPS) is 13.2. The van der Waals surface area contributed by atoms with Gasteiger partial charge in [0.1, 0.15) is 0 Å². The van der Waals surface area contributed by atoms with Crippen LogP contribution in [0.3, 0.4) is 0 Å². The van der Waals surface area contributed by atoms with E-state index in [1.165, 1.54) is 44.2 Å². The van der Waals surface area contributed by atoms with Crippen LogP contribution in [0.4, 0.5) is 0 Å². The highest BCUT2D eigenvalue weighted by Gasteiger charge is 2.46. The zero-order valence-corrected chi connectivity index (χ0v) is 26.1. The first-order chi connectivity index (χ1) is 23.8. The van der Waals surface area contributed by atoms with Crippen molar-refractivity contribution >= 4 is 32.7 Å². The third-order valence-corrected chi connectivity index (χ3v) is 10.1. The maximum atomic E-state index is 5.35. The average Bonchev–Trinajstić information content (AvgIpc) is 3.64. The van der Waals surface area contributed by atoms with E-state index in [-0.39, 0.29) is 0 Å². The fourth-order valence-electron chi connectivity index (χ4n) is 8.10. The Morgan fingerprint density at radius 3 is 1.77 bits per heavy atom. The van der Waals surface area contributed by atoms with E-state index in [4.69, 9.17) is 9.97 Å². The summed E-state index contributed by atoms with van der Waals surface area (Å²) in [6.07, 6.45) is 0. The molecule has 7 aromatic carbocycles. The molecular weight excluding hydrogens is 583 g/mol. The molecule has 0 spiro atoms. The van der Waals surface area contributed by atoms with Crippen molar-refractivity contribution in [1.29, 1.82) is 0 Å². The summed E-state index contributed by atoms with van der Waals surface area (Å²) in [6.45, 7) is 0. The summed E-state index contributed by atoms with van der Waals surface area (Å²) in [7, 11) is 0. The zero-order chi connectivity index (χ0) is 31.7. The highest BCUT2D eigenvalue weighted by atomic mass is 15.2. The minimum Gasteiger partial charge on any atom is -0.278 e. The van der Waals surface area contributed by atoms with Crippen LogP contribution in [-0.4, -0.2) is 14.5 Å². The topological polar surface area (TPSA) is 30.7 Å². The average molecular weight is 612 g/mol. The molecule has 3 heteroatoms. The number of fused-ring (bicyclic) bond motifs is 7. The Labute approximate surface area is 278 Å². The Kier molecular flexibility index (Phi) is 5.79. The predicted octanol–water partition coefficient (Wildman–Crippen LogP) is 10.8. The van der Waals surface area contributed by atoms with Crippen molar-refractivity contribution in [3.8, 4) is 28.3 Å². The molecule has 0 aliphatic heterocycles. The molecule has 0 N–H and O–H groups in total. The molecule has 0 fully saturated rings. The first-order valence-corrected chi connectivity index (χ1v) is 16.4. The fourth-order valence-corrected chi connectivity index (χ4v) is 8.10. The van der Waals surface area contributed by atoms with E-state index >= 15 is 0 Å². The summed E-state index contributed by atoms with van der Waals surface area (Å²) < 4.78 is 2.27. The van der Waals surface area contributed by atoms with Crippen molar-refractivity contribution in [3.05, 3.63) is 198 Å². The standard InChI is InChI=1S/C45H29N3/c1-4-16-30(17-5-1)43-35-24-11-14-26-40(35)46-44(47-43)48-41-27-15-12-23-34(41)37-28-36-33-22-10-13-25-38(33)45(39(36)29-42(37)48,31-18-6-2-7-19-31)32-20-8-3-9-21-32/h1-29H. The summed E-state index contributed by atoms with van der Waals surface area (Å²) in [5.74, 6) is 0.666. The largest absolute Gasteiger partial charge is 0.278 e. The lowest BCUT2D eigenvalue weighted by Gasteiger charge is -2.34. The smallest absolute Gasteiger partial charge is 0.235 e. The van der Waals surface area contributed by atoms with Crippen LogP contribution in [0.15, 0.2) is 176 Å². The van der Waals surface area contributed by atoms with E-state index in [0.717, 1.165) is 33.2 Å². The lowest BCUT2D eigenvalue weighted by molar-refractivity contribution is 0.769. The summed E-state index contributed by atoms with van der Waals surface area (Å²) >= 11 is 0. The molecule has 2 aromatic heterocycles. The van der Waals surface area contributed by atoms with Crippen molar-refractivity contribution in [3.63, 3.8) is 0 Å². The molecule has 0 saturated heterocycles. The molecule has 1 aliphatic carbocycles. The summed E-state index contributed by atoms with van der Waals surface area (Å²) in [6, 6.07) is 63.1. The number of hydrogen-bond donors (Lipinski definition) is 0. The lowest BCUT2D eigenvalue weighted by atomic mass is 9.67. The van der Waals surface area contributed by atoms with Crippen LogP contribution in [-0.2, 0) is 5.41 Å². The Balaban J connectivity index is 1.36. The molecule has 48 heavy (non-hydrogen) atoms. The molecule has 0 radical (unpaired) electrons. The molecule has 3 nitrogen and oxygen atoms in total. The maximum Gasteiger partial charge on any atom is 0.235 e. The third kappa shape index (κ3) is 3.70. The minimum atomic E-state index is -0.497. The van der Waals surface area contributed by atoms with E-state index < -0.39 is 5.41 Å². The van der Waals surface area contributed by atoms with Gasteiger partial charge in [0.25, 0.3) is 0 Å². The number of para-hydroxylation sites is 2. The van der Waals surface area contributed by atoms with E-state index in [2.05, 4.69) is 174 Å². The first kappa shape index (κ1) is 26.9. The van der Waals surface area contributed by atoms with Crippen LogP contribution in [0.25, 0.3) is 61.0 Å². The highest BCUT2D eigenvalue weighted by Crippen LogP contribution is 2.57. The highest BCUT2D eigenvalue weighted by molar-refractivity contribution is 6.12. The summed E-state index contributed by atoms with van der Waals surface area (Å²) in [5, 5.41) is 3.41. The molecule has 0 atom stereocenters. The summed E-state index contributed by atoms with van der Waals surface area (Å²) in [5.41, 5.74) is 12.2. The molecule has 0 amide bonds. The SMILES string of the molecule is c1ccc(-c2nc(-n3c4ccccc4c4cc5c(cc43)C(c3ccccc3)(c3ccccc3)c3ccccc3-5)nc3ccccc23)cc1. The van der Waals surface area contributed by atoms with Crippen LogP contribution in [0.2, 0.25) is 0 Å². The molecule has 10 rings (SSSR count). The minimum absolute atomic E-state index is 0.497. The van der Waals surface area contributed by atoms with Gasteiger partial charge in [-0.1, -0.05) is 152 Å². The molecule has 224 valence electrons. The van der Waals surface area contributed by atoms with Gasteiger partial charge < -0.3 is 0 Å². The van der Waals surface area contributed by atoms with E-state index in [1.54, 1.807) is 0 Å². The van der Waals surface area contributed by atoms with Gasteiger partial charge in [-0.2, -0.15) is 0 Å². The van der Waals surface area contributed by atoms with Gasteiger partial charge in [0.15, 0.2) is 0 Å². The second-order valence-electron chi connectivity index (χ2n) is 12.6. The van der Waals surface area contributed by atoms with Gasteiger partial charge in [0.05, 0.1) is 27.7 Å². The van der Waals surface area contributed by atoms with Crippen molar-refractivity contribution in [2.45, 2.75) is 5.41 Å². The number of nitrogens with zero attached hydrogens (tertiary/aromatic N) is 3. The van der Waals surface area contributed by atoms with Gasteiger partial charge in [-0.05, 0) is 57.6 Å². The van der Waals surface area contributed by atoms with Gasteiger partial charge in [0, 0.05) is 21.7 Å². The van der Waals surface area contributed by atoms with E-state index in [9.17, 15) is 0 Å². The van der Waals surface area contributed by atoms with Crippen molar-refractivity contribution in [2.24, 2.45) is 0 Å². The summed E-state index contributed by atoms with van der Waals surface area (Å²) in [4.78, 5) is 10.6. The first-order valence-electron chi connectivity index (χ1n) is 16.4. The van der Waals surface area contributed by atoms with E-state index in [0.29, 0.717) is 5.95 Å². The van der Waals surface area contributed by atoms with Gasteiger partial charge in [0.2, 0.25) is 5.95 Å². The van der Waals surface area contributed by atoms with Crippen LogP contribution in [0.1, 0.15) is 22.3 Å². The zero-order valence-electron chi connectivity index (χ0n) is 26.1. The van der Waals surface area contributed by atoms with Crippen molar-refractivity contribution in [2.75, 3.05) is 0 Å². The molecule has 1 aliphatic rings. The van der Waals surface area contributed by atoms with Crippen LogP contribution < -0.4 is 0 Å². The van der Waals surface area contributed by atoms with Gasteiger partial charge in [-0.25, -0.2) is 9.97 Å². The fraction of sp³-hybridized carbons (Fsp3) is 0.0222. The quantitative estimate of drug-likeness (QED) is 0.198. The molecule has 0 bridgehead atoms. The Morgan fingerprint density at radius 1 is 0.417 bits per heavy atom. The number of aromatic nitrogens is 3. The van der Waals surface area contributed by atoms with Crippen LogP contribution in [0.5, 0.6) is 0 Å². The Morgan fingerprint density at radius 2 is 1.02 bits per heavy atom. The van der Waals surface area contributed by atoms with E-state index in [1.807, 2.05) is 6.07 Å². The Bertz CT molecular complexity index is 2620. The molecule has 2 heterocycles. The molecule has 0 saturated carbocycles. The van der Waals surface area contributed by atoms with Gasteiger partial charge in [-0.3, -0.25) is 4.57 Å². The number of rotatable bonds is 4. The second kappa shape index (κ2) is 10.3.